The van der Waals surface area contributed by atoms with Gasteiger partial charge in [0.1, 0.15) is 11.4 Å². The van der Waals surface area contributed by atoms with Gasteiger partial charge in [-0.15, -0.1) is 11.8 Å². The van der Waals surface area contributed by atoms with Crippen molar-refractivity contribution in [2.45, 2.75) is 23.0 Å². The smallest absolute Gasteiger partial charge is 0.344 e. The van der Waals surface area contributed by atoms with Crippen molar-refractivity contribution in [3.63, 3.8) is 0 Å². The molecule has 4 aliphatic rings. The van der Waals surface area contributed by atoms with Crippen LogP contribution in [0.15, 0.2) is 96.0 Å². The molecule has 4 aromatic carbocycles. The van der Waals surface area contributed by atoms with Crippen LogP contribution in [0.3, 0.4) is 0 Å². The number of fused-ring (bicyclic) bond motifs is 4. The first-order valence-corrected chi connectivity index (χ1v) is 13.8. The van der Waals surface area contributed by atoms with Crippen molar-refractivity contribution in [3.8, 4) is 0 Å². The molecule has 1 unspecified atom stereocenters. The van der Waals surface area contributed by atoms with Crippen molar-refractivity contribution >= 4 is 40.2 Å². The van der Waals surface area contributed by atoms with Gasteiger partial charge in [-0.05, 0) is 46.2 Å². The molecule has 3 aliphatic heterocycles. The lowest BCUT2D eigenvalue weighted by Gasteiger charge is -2.41. The summed E-state index contributed by atoms with van der Waals surface area (Å²) >= 11 is 1.74. The Bertz CT molecular complexity index is 1700. The van der Waals surface area contributed by atoms with Crippen LogP contribution in [0.5, 0.6) is 0 Å². The van der Waals surface area contributed by atoms with Gasteiger partial charge in [0, 0.05) is 34.7 Å². The van der Waals surface area contributed by atoms with Crippen LogP contribution >= 0.6 is 11.8 Å². The Labute approximate surface area is 222 Å². The quantitative estimate of drug-likeness (QED) is 0.337. The van der Waals surface area contributed by atoms with E-state index >= 15 is 0 Å². The Morgan fingerprint density at radius 3 is 2.47 bits per heavy atom. The van der Waals surface area contributed by atoms with Gasteiger partial charge in [-0.2, -0.15) is 0 Å². The van der Waals surface area contributed by atoms with Gasteiger partial charge in [0.2, 0.25) is 5.90 Å². The second-order valence-corrected chi connectivity index (χ2v) is 11.3. The highest BCUT2D eigenvalue weighted by Gasteiger charge is 2.80. The monoisotopic (exact) mass is 520 g/mol. The van der Waals surface area contributed by atoms with Gasteiger partial charge in [-0.1, -0.05) is 66.7 Å². The zero-order valence-corrected chi connectivity index (χ0v) is 21.0. The number of ketones is 1. The van der Waals surface area contributed by atoms with E-state index in [0.717, 1.165) is 21.9 Å². The summed E-state index contributed by atoms with van der Waals surface area (Å²) in [5.41, 5.74) is -0.116. The van der Waals surface area contributed by atoms with E-state index in [9.17, 15) is 14.0 Å². The van der Waals surface area contributed by atoms with E-state index in [1.807, 2.05) is 66.7 Å². The summed E-state index contributed by atoms with van der Waals surface area (Å²) in [6, 6.07) is 27.0. The molecule has 0 saturated carbocycles. The molecule has 2 spiro atoms. The Morgan fingerprint density at radius 1 is 0.921 bits per heavy atom. The van der Waals surface area contributed by atoms with E-state index in [4.69, 9.17) is 9.73 Å². The van der Waals surface area contributed by atoms with Gasteiger partial charge in [-0.25, -0.2) is 14.2 Å². The largest absolute Gasteiger partial charge is 0.405 e. The van der Waals surface area contributed by atoms with Gasteiger partial charge in [-0.3, -0.25) is 9.69 Å². The Morgan fingerprint density at radius 2 is 1.68 bits per heavy atom. The summed E-state index contributed by atoms with van der Waals surface area (Å²) in [6.07, 6.45) is 0. The number of aliphatic imine (C=N–C) groups is 1. The van der Waals surface area contributed by atoms with Crippen molar-refractivity contribution in [1.82, 2.24) is 4.90 Å². The molecule has 0 radical (unpaired) electrons. The molecule has 3 heterocycles. The first-order chi connectivity index (χ1) is 18.6. The molecule has 186 valence electrons. The molecule has 5 nitrogen and oxygen atoms in total. The van der Waals surface area contributed by atoms with Crippen LogP contribution in [0.25, 0.3) is 10.8 Å². The molecule has 38 heavy (non-hydrogen) atoms. The molecule has 2 saturated heterocycles. The minimum absolute atomic E-state index is 0.128. The van der Waals surface area contributed by atoms with Crippen LogP contribution < -0.4 is 0 Å². The number of cyclic esters (lactones) is 1. The normalized spacial score (nSPS) is 29.4. The Kier molecular flexibility index (Phi) is 4.45. The molecule has 0 aromatic heterocycles. The molecule has 4 atom stereocenters. The predicted molar refractivity (Wildman–Crippen MR) is 144 cm³/mol. The summed E-state index contributed by atoms with van der Waals surface area (Å²) in [7, 11) is 0. The minimum Gasteiger partial charge on any atom is -0.405 e. The number of carbonyl (C=O) groups is 2. The van der Waals surface area contributed by atoms with Gasteiger partial charge in [0.25, 0.3) is 0 Å². The zero-order valence-electron chi connectivity index (χ0n) is 20.1. The number of hydrogen-bond acceptors (Lipinski definition) is 6. The van der Waals surface area contributed by atoms with Crippen LogP contribution in [-0.4, -0.2) is 45.8 Å². The third kappa shape index (κ3) is 2.49. The first kappa shape index (κ1) is 22.2. The lowest BCUT2D eigenvalue weighted by Crippen LogP contribution is -2.61. The van der Waals surface area contributed by atoms with Crippen molar-refractivity contribution in [1.29, 1.82) is 0 Å². The number of rotatable bonds is 2. The van der Waals surface area contributed by atoms with Gasteiger partial charge in [0.15, 0.2) is 11.3 Å². The average Bonchev–Trinajstić information content (AvgIpc) is 3.67. The fourth-order valence-corrected chi connectivity index (χ4v) is 8.57. The maximum Gasteiger partial charge on any atom is 0.344 e. The average molecular weight is 521 g/mol. The molecule has 4 aromatic rings. The second-order valence-electron chi connectivity index (χ2n) is 10.3. The molecule has 0 bridgehead atoms. The standard InChI is InChI=1S/C31H21FN2O3S/c32-21-14-12-19(13-15-21)26-24-16-38-17-34(24)31(23-11-5-9-18-8-4-10-22(25(18)23)27(31)35)30(26)29(36)37-28(33-30)20-6-2-1-3-7-20/h1-15,24,26H,16-17H2/t24?,26-,30+,31-/m1/s1. The molecular formula is C31H21FN2O3S. The van der Waals surface area contributed by atoms with Crippen LogP contribution in [0.4, 0.5) is 4.39 Å². The summed E-state index contributed by atoms with van der Waals surface area (Å²) in [5.74, 6) is -0.0326. The van der Waals surface area contributed by atoms with E-state index in [0.29, 0.717) is 22.8 Å². The number of halogens is 1. The van der Waals surface area contributed by atoms with Crippen molar-refractivity contribution in [3.05, 3.63) is 119 Å². The lowest BCUT2D eigenvalue weighted by molar-refractivity contribution is -0.142. The summed E-state index contributed by atoms with van der Waals surface area (Å²) in [6.45, 7) is 0. The Hall–Kier alpha value is -3.81. The molecule has 8 rings (SSSR count). The predicted octanol–water partition coefficient (Wildman–Crippen LogP) is 5.29. The number of carbonyl (C=O) groups excluding carboxylic acids is 2. The third-order valence-corrected chi connectivity index (χ3v) is 9.67. The molecule has 0 N–H and O–H groups in total. The zero-order chi connectivity index (χ0) is 25.6. The fourth-order valence-electron chi connectivity index (χ4n) is 7.27. The number of Topliss-reactive ketones (excluding diaryl/α,β-unsaturated/α-hetero) is 1. The minimum atomic E-state index is -1.58. The highest BCUT2D eigenvalue weighted by atomic mass is 32.2. The number of benzene rings is 4. The maximum atomic E-state index is 14.8. The lowest BCUT2D eigenvalue weighted by atomic mass is 9.66. The highest BCUT2D eigenvalue weighted by molar-refractivity contribution is 7.99. The van der Waals surface area contributed by atoms with Gasteiger partial charge >= 0.3 is 5.97 Å². The summed E-state index contributed by atoms with van der Waals surface area (Å²) in [4.78, 5) is 36.6. The molecule has 1 aliphatic carbocycles. The van der Waals surface area contributed by atoms with E-state index in [2.05, 4.69) is 4.90 Å². The number of ether oxygens (including phenoxy) is 1. The first-order valence-electron chi connectivity index (χ1n) is 12.6. The second kappa shape index (κ2) is 7.62. The van der Waals surface area contributed by atoms with Crippen LogP contribution in [0.1, 0.15) is 33.0 Å². The summed E-state index contributed by atoms with van der Waals surface area (Å²) < 4.78 is 20.1. The fraction of sp³-hybridized carbons (Fsp3) is 0.194. The topological polar surface area (TPSA) is 59.0 Å². The van der Waals surface area contributed by atoms with Crippen molar-refractivity contribution < 1.29 is 18.7 Å². The van der Waals surface area contributed by atoms with E-state index in [-0.39, 0.29) is 23.5 Å². The van der Waals surface area contributed by atoms with Gasteiger partial charge < -0.3 is 4.74 Å². The van der Waals surface area contributed by atoms with Crippen molar-refractivity contribution in [2.75, 3.05) is 11.6 Å². The van der Waals surface area contributed by atoms with Crippen LogP contribution in [0.2, 0.25) is 0 Å². The van der Waals surface area contributed by atoms with E-state index in [1.165, 1.54) is 12.1 Å². The molecule has 0 amide bonds. The summed E-state index contributed by atoms with van der Waals surface area (Å²) in [5, 5.41) is 1.82. The van der Waals surface area contributed by atoms with E-state index in [1.54, 1.807) is 23.9 Å². The van der Waals surface area contributed by atoms with Crippen molar-refractivity contribution in [2.24, 2.45) is 4.99 Å². The van der Waals surface area contributed by atoms with E-state index < -0.39 is 23.0 Å². The molecule has 2 fully saturated rings. The number of hydrogen-bond donors (Lipinski definition) is 0. The van der Waals surface area contributed by atoms with Crippen LogP contribution in [0, 0.1) is 5.82 Å². The number of nitrogens with zero attached hydrogens (tertiary/aromatic N) is 2. The molecular weight excluding hydrogens is 499 g/mol. The number of thioether (sulfide) groups is 1. The highest BCUT2D eigenvalue weighted by Crippen LogP contribution is 2.66. The SMILES string of the molecule is O=C1OC(c2ccccc2)=N[C@@]12[C@H](c1ccc(F)cc1)C1CSCN1[C@]21C(=O)c2cccc3cccc1c23. The van der Waals surface area contributed by atoms with Gasteiger partial charge in [0.05, 0.1) is 0 Å². The Balaban J connectivity index is 1.50. The number of esters is 1. The van der Waals surface area contributed by atoms with Crippen LogP contribution in [-0.2, 0) is 15.1 Å². The maximum absolute atomic E-state index is 14.8. The third-order valence-electron chi connectivity index (χ3n) is 8.63. The molecule has 7 heteroatoms.